The molecule has 0 fully saturated rings. The van der Waals surface area contributed by atoms with Crippen LogP contribution in [0, 0.1) is 0 Å². The number of allylic oxidation sites excluding steroid dienone is 2. The topological polar surface area (TPSA) is 37.3 Å². The van der Waals surface area contributed by atoms with Crippen molar-refractivity contribution in [1.29, 1.82) is 0 Å². The van der Waals surface area contributed by atoms with E-state index in [0.717, 1.165) is 0 Å². The zero-order valence-corrected chi connectivity index (χ0v) is 8.46. The third-order valence-electron chi connectivity index (χ3n) is 1.41. The molecule has 1 rings (SSSR count). The average Bonchev–Trinajstić information content (AvgIpc) is 2.13. The monoisotopic (exact) mass is 226 g/mol. The van der Waals surface area contributed by atoms with Crippen molar-refractivity contribution in [1.82, 2.24) is 0 Å². The molecule has 0 atom stereocenters. The first-order valence-corrected chi connectivity index (χ1v) is 9.68. The molecule has 0 aromatic rings. The summed E-state index contributed by atoms with van der Waals surface area (Å²) in [6.45, 7) is 0. The summed E-state index contributed by atoms with van der Waals surface area (Å²) in [5.41, 5.74) is 0. The van der Waals surface area contributed by atoms with Gasteiger partial charge in [-0.15, -0.1) is 0 Å². The maximum absolute atomic E-state index is 10.4. The number of carboxylic acid groups (broad SMARTS) is 1. The van der Waals surface area contributed by atoms with Gasteiger partial charge in [-0.2, -0.15) is 0 Å². The molecule has 9 heavy (non-hydrogen) atoms. The van der Waals surface area contributed by atoms with Crippen molar-refractivity contribution >= 4 is 27.4 Å². The third-order valence-corrected chi connectivity index (χ3v) is 7.75. The summed E-state index contributed by atoms with van der Waals surface area (Å²) in [6, 6.07) is 0. The normalized spacial score (nSPS) is 16.1. The van der Waals surface area contributed by atoms with Crippen molar-refractivity contribution in [2.45, 2.75) is 4.68 Å². The van der Waals surface area contributed by atoms with Gasteiger partial charge in [0.2, 0.25) is 0 Å². The molecule has 0 amide bonds. The number of aliphatic carboxylic acids is 1. The van der Waals surface area contributed by atoms with Gasteiger partial charge in [-0.1, -0.05) is 0 Å². The van der Waals surface area contributed by atoms with Crippen LogP contribution in [-0.2, 0) is 4.79 Å². The zero-order valence-electron chi connectivity index (χ0n) is 5.16. The Balaban J connectivity index is 2.76. The molecule has 0 aromatic carbocycles. The molecule has 0 aromatic heterocycles. The average molecular weight is 226 g/mol. The Hall–Kier alpha value is -0.180. The minimum absolute atomic E-state index is 0.691. The first-order chi connectivity index (χ1) is 4.22. The van der Waals surface area contributed by atoms with Crippen LogP contribution in [0.25, 0.3) is 0 Å². The fourth-order valence-electron chi connectivity index (χ4n) is 0.847. The van der Waals surface area contributed by atoms with Gasteiger partial charge in [0.15, 0.2) is 0 Å². The van der Waals surface area contributed by atoms with Crippen LogP contribution in [0.3, 0.4) is 0 Å². The first kappa shape index (κ1) is 6.93. The summed E-state index contributed by atoms with van der Waals surface area (Å²) in [4.78, 5) is 10.4. The number of hydrogen-bond donors (Lipinski definition) is 1. The third kappa shape index (κ3) is 1.39. The second kappa shape index (κ2) is 2.60. The number of carbonyl (C=O) groups is 1. The van der Waals surface area contributed by atoms with E-state index in [9.17, 15) is 4.79 Å². The van der Waals surface area contributed by atoms with Gasteiger partial charge in [0.1, 0.15) is 0 Å². The van der Waals surface area contributed by atoms with Crippen LogP contribution in [-0.4, -0.2) is 32.5 Å². The maximum atomic E-state index is 10.4. The standard InChI is InChI=1S/C5H4O2.CH3.In/c1-2-3-4-5(6)7;;/h1-3H,(H,6,7);1H3;. The van der Waals surface area contributed by atoms with Gasteiger partial charge in [0.25, 0.3) is 0 Å². The molecule has 2 nitrogen and oxygen atoms in total. The molecule has 46 valence electrons. The van der Waals surface area contributed by atoms with Gasteiger partial charge in [-0.3, -0.25) is 0 Å². The molecule has 0 spiro atoms. The van der Waals surface area contributed by atoms with Crippen molar-refractivity contribution in [3.63, 3.8) is 0 Å². The molecule has 0 saturated heterocycles. The molecular formula is C6H7InO2. The van der Waals surface area contributed by atoms with E-state index in [4.69, 9.17) is 5.11 Å². The summed E-state index contributed by atoms with van der Waals surface area (Å²) in [5, 5.41) is 8.53. The Morgan fingerprint density at radius 2 is 2.44 bits per heavy atom. The van der Waals surface area contributed by atoms with Crippen LogP contribution < -0.4 is 0 Å². The van der Waals surface area contributed by atoms with E-state index >= 15 is 0 Å². The van der Waals surface area contributed by atoms with Gasteiger partial charge < -0.3 is 0 Å². The molecule has 3 heteroatoms. The van der Waals surface area contributed by atoms with Crippen molar-refractivity contribution in [3.05, 3.63) is 19.3 Å². The fraction of sp³-hybridized carbons (Fsp3) is 0.167. The molecule has 0 aliphatic carbocycles. The summed E-state index contributed by atoms with van der Waals surface area (Å²) in [7, 11) is 0. The Labute approximate surface area is 61.4 Å². The van der Waals surface area contributed by atoms with E-state index in [1.807, 2.05) is 6.08 Å². The zero-order chi connectivity index (χ0) is 6.85. The fourth-order valence-corrected chi connectivity index (χ4v) is 5.00. The number of hydrogen-bond acceptors (Lipinski definition) is 1. The molecule has 0 saturated carbocycles. The van der Waals surface area contributed by atoms with Gasteiger partial charge in [0.05, 0.1) is 0 Å². The van der Waals surface area contributed by atoms with E-state index in [2.05, 4.69) is 8.51 Å². The van der Waals surface area contributed by atoms with Gasteiger partial charge >= 0.3 is 61.3 Å². The Morgan fingerprint density at radius 1 is 1.78 bits per heavy atom. The van der Waals surface area contributed by atoms with Crippen LogP contribution in [0.1, 0.15) is 0 Å². The quantitative estimate of drug-likeness (QED) is 0.716. The van der Waals surface area contributed by atoms with Crippen LogP contribution in [0.2, 0.25) is 4.68 Å². The first-order valence-electron chi connectivity index (χ1n) is 2.83. The molecular weight excluding hydrogens is 219 g/mol. The molecule has 1 aliphatic heterocycles. The van der Waals surface area contributed by atoms with Gasteiger partial charge in [0, 0.05) is 0 Å². The second-order valence-corrected chi connectivity index (χ2v) is 9.48. The number of carboxylic acids is 1. The summed E-state index contributed by atoms with van der Waals surface area (Å²) in [5.74, 6) is -0.719. The Morgan fingerprint density at radius 3 is 2.67 bits per heavy atom. The minimum atomic E-state index is -1.77. The van der Waals surface area contributed by atoms with Crippen molar-refractivity contribution in [2.75, 3.05) is 0 Å². The molecule has 1 heterocycles. The van der Waals surface area contributed by atoms with Crippen LogP contribution in [0.15, 0.2) is 19.3 Å². The predicted molar refractivity (Wildman–Crippen MR) is 36.5 cm³/mol. The molecule has 1 N–H and O–H groups in total. The van der Waals surface area contributed by atoms with Gasteiger partial charge in [-0.05, 0) is 0 Å². The molecule has 0 radical (unpaired) electrons. The summed E-state index contributed by atoms with van der Waals surface area (Å²) in [6.07, 6.45) is 3.59. The van der Waals surface area contributed by atoms with E-state index in [0.29, 0.717) is 3.33 Å². The Kier molecular flexibility index (Phi) is 2.01. The molecule has 1 aliphatic rings. The summed E-state index contributed by atoms with van der Waals surface area (Å²) < 4.78 is 4.84. The predicted octanol–water partition coefficient (Wildman–Crippen LogP) is 0.770. The SMILES string of the molecule is [CH3][In]1[CH]=CC=[C]1C(=O)O. The number of rotatable bonds is 1. The van der Waals surface area contributed by atoms with Crippen molar-refractivity contribution in [2.24, 2.45) is 0 Å². The van der Waals surface area contributed by atoms with Gasteiger partial charge in [-0.25, -0.2) is 0 Å². The van der Waals surface area contributed by atoms with E-state index < -0.39 is 27.4 Å². The van der Waals surface area contributed by atoms with Crippen LogP contribution in [0.5, 0.6) is 0 Å². The summed E-state index contributed by atoms with van der Waals surface area (Å²) >= 11 is -1.77. The van der Waals surface area contributed by atoms with Crippen molar-refractivity contribution < 1.29 is 9.90 Å². The van der Waals surface area contributed by atoms with E-state index in [1.165, 1.54) is 0 Å². The second-order valence-electron chi connectivity index (χ2n) is 2.10. The van der Waals surface area contributed by atoms with E-state index in [-0.39, 0.29) is 0 Å². The van der Waals surface area contributed by atoms with E-state index in [1.54, 1.807) is 6.08 Å². The Bertz CT molecular complexity index is 193. The van der Waals surface area contributed by atoms with Crippen LogP contribution in [0.4, 0.5) is 0 Å². The molecule has 0 bridgehead atoms. The molecule has 0 unspecified atom stereocenters. The van der Waals surface area contributed by atoms with Crippen LogP contribution >= 0.6 is 0 Å². The van der Waals surface area contributed by atoms with Crippen molar-refractivity contribution in [3.8, 4) is 0 Å².